The number of rotatable bonds is 5. The maximum atomic E-state index is 11.5. The van der Waals surface area contributed by atoms with Crippen molar-refractivity contribution in [3.8, 4) is 0 Å². The highest BCUT2D eigenvalue weighted by Crippen LogP contribution is 2.32. The van der Waals surface area contributed by atoms with Crippen molar-refractivity contribution in [3.63, 3.8) is 0 Å². The highest BCUT2D eigenvalue weighted by Gasteiger charge is 2.31. The van der Waals surface area contributed by atoms with E-state index >= 15 is 0 Å². The SMILES string of the molecule is Cc1ccc(C(c2ccc(N(C)C)cc2)N2CCCC(C(=O)O)C2)nc1. The number of carboxylic acid groups (broad SMARTS) is 1. The van der Waals surface area contributed by atoms with E-state index in [0.717, 1.165) is 41.9 Å². The molecule has 0 bridgehead atoms. The number of piperidine rings is 1. The molecule has 1 aromatic carbocycles. The van der Waals surface area contributed by atoms with Gasteiger partial charge in [-0.05, 0) is 55.6 Å². The van der Waals surface area contributed by atoms with Gasteiger partial charge in [-0.1, -0.05) is 18.2 Å². The minimum Gasteiger partial charge on any atom is -0.481 e. The number of nitrogens with zero attached hydrogens (tertiary/aromatic N) is 3. The summed E-state index contributed by atoms with van der Waals surface area (Å²) in [6.07, 6.45) is 3.53. The number of anilines is 1. The fourth-order valence-corrected chi connectivity index (χ4v) is 3.61. The lowest BCUT2D eigenvalue weighted by Gasteiger charge is -2.37. The molecular formula is C21H27N3O2. The smallest absolute Gasteiger partial charge is 0.307 e. The Labute approximate surface area is 155 Å². The monoisotopic (exact) mass is 353 g/mol. The number of aryl methyl sites for hydroxylation is 1. The van der Waals surface area contributed by atoms with Gasteiger partial charge in [-0.25, -0.2) is 0 Å². The van der Waals surface area contributed by atoms with Gasteiger partial charge < -0.3 is 10.0 Å². The fraction of sp³-hybridized carbons (Fsp3) is 0.429. The van der Waals surface area contributed by atoms with E-state index in [1.165, 1.54) is 0 Å². The maximum absolute atomic E-state index is 11.5. The second kappa shape index (κ2) is 7.87. The Hall–Kier alpha value is -2.40. The third kappa shape index (κ3) is 4.05. The molecule has 0 spiro atoms. The molecule has 2 atom stereocenters. The Morgan fingerprint density at radius 3 is 2.54 bits per heavy atom. The van der Waals surface area contributed by atoms with Crippen molar-refractivity contribution < 1.29 is 9.90 Å². The first-order chi connectivity index (χ1) is 12.5. The standard InChI is InChI=1S/C21H27N3O2/c1-15-6-11-19(22-13-15)20(16-7-9-18(10-8-16)23(2)3)24-12-4-5-17(14-24)21(25)26/h6-11,13,17,20H,4-5,12,14H2,1-3H3,(H,25,26). The molecule has 3 rings (SSSR count). The summed E-state index contributed by atoms with van der Waals surface area (Å²) < 4.78 is 0. The normalized spacial score (nSPS) is 19.1. The molecule has 5 heteroatoms. The van der Waals surface area contributed by atoms with Crippen molar-refractivity contribution in [3.05, 3.63) is 59.4 Å². The Balaban J connectivity index is 1.96. The number of hydrogen-bond donors (Lipinski definition) is 1. The fourth-order valence-electron chi connectivity index (χ4n) is 3.61. The van der Waals surface area contributed by atoms with Crippen molar-refractivity contribution in [1.29, 1.82) is 0 Å². The quantitative estimate of drug-likeness (QED) is 0.893. The van der Waals surface area contributed by atoms with Crippen LogP contribution >= 0.6 is 0 Å². The molecule has 1 saturated heterocycles. The topological polar surface area (TPSA) is 56.7 Å². The van der Waals surface area contributed by atoms with E-state index in [9.17, 15) is 9.90 Å². The van der Waals surface area contributed by atoms with E-state index in [2.05, 4.69) is 51.2 Å². The van der Waals surface area contributed by atoms with E-state index in [4.69, 9.17) is 0 Å². The van der Waals surface area contributed by atoms with Crippen molar-refractivity contribution in [1.82, 2.24) is 9.88 Å². The molecule has 138 valence electrons. The van der Waals surface area contributed by atoms with Crippen LogP contribution in [0, 0.1) is 12.8 Å². The van der Waals surface area contributed by atoms with Crippen molar-refractivity contribution in [2.24, 2.45) is 5.92 Å². The third-order valence-corrected chi connectivity index (χ3v) is 5.11. The van der Waals surface area contributed by atoms with Gasteiger partial charge in [0.05, 0.1) is 17.7 Å². The molecule has 1 fully saturated rings. The summed E-state index contributed by atoms with van der Waals surface area (Å²) in [5, 5.41) is 9.46. The lowest BCUT2D eigenvalue weighted by molar-refractivity contribution is -0.143. The Morgan fingerprint density at radius 2 is 1.96 bits per heavy atom. The van der Waals surface area contributed by atoms with E-state index in [-0.39, 0.29) is 12.0 Å². The van der Waals surface area contributed by atoms with Crippen LogP contribution in [0.4, 0.5) is 5.69 Å². The van der Waals surface area contributed by atoms with Crippen LogP contribution in [0.15, 0.2) is 42.6 Å². The Bertz CT molecular complexity index is 741. The largest absolute Gasteiger partial charge is 0.481 e. The van der Waals surface area contributed by atoms with Gasteiger partial charge >= 0.3 is 5.97 Å². The first kappa shape index (κ1) is 18.4. The lowest BCUT2D eigenvalue weighted by Crippen LogP contribution is -2.41. The van der Waals surface area contributed by atoms with Crippen LogP contribution in [0.25, 0.3) is 0 Å². The minimum absolute atomic E-state index is 0.0195. The molecule has 5 nitrogen and oxygen atoms in total. The van der Waals surface area contributed by atoms with Crippen LogP contribution in [0.2, 0.25) is 0 Å². The summed E-state index contributed by atoms with van der Waals surface area (Å²) in [5.41, 5.74) is 4.39. The Kier molecular flexibility index (Phi) is 5.57. The summed E-state index contributed by atoms with van der Waals surface area (Å²) in [6, 6.07) is 12.6. The first-order valence-corrected chi connectivity index (χ1v) is 9.12. The number of benzene rings is 1. The van der Waals surface area contributed by atoms with Gasteiger partial charge in [-0.3, -0.25) is 14.7 Å². The van der Waals surface area contributed by atoms with Crippen molar-refractivity contribution >= 4 is 11.7 Å². The predicted octanol–water partition coefficient (Wildman–Crippen LogP) is 3.34. The molecular weight excluding hydrogens is 326 g/mol. The molecule has 26 heavy (non-hydrogen) atoms. The zero-order valence-electron chi connectivity index (χ0n) is 15.7. The summed E-state index contributed by atoms with van der Waals surface area (Å²) in [6.45, 7) is 3.48. The predicted molar refractivity (Wildman–Crippen MR) is 104 cm³/mol. The number of carboxylic acids is 1. The van der Waals surface area contributed by atoms with Crippen LogP contribution < -0.4 is 4.90 Å². The number of pyridine rings is 1. The number of carbonyl (C=O) groups is 1. The molecule has 0 radical (unpaired) electrons. The van der Waals surface area contributed by atoms with E-state index < -0.39 is 5.97 Å². The summed E-state index contributed by atoms with van der Waals surface area (Å²) in [5.74, 6) is -1.01. The molecule has 2 aromatic rings. The maximum Gasteiger partial charge on any atom is 0.307 e. The number of hydrogen-bond acceptors (Lipinski definition) is 4. The van der Waals surface area contributed by atoms with Gasteiger partial charge in [-0.15, -0.1) is 0 Å². The molecule has 2 heterocycles. The molecule has 0 amide bonds. The van der Waals surface area contributed by atoms with E-state index in [0.29, 0.717) is 6.54 Å². The van der Waals surface area contributed by atoms with Gasteiger partial charge in [0.1, 0.15) is 0 Å². The highest BCUT2D eigenvalue weighted by atomic mass is 16.4. The molecule has 1 N–H and O–H groups in total. The lowest BCUT2D eigenvalue weighted by atomic mass is 9.93. The number of likely N-dealkylation sites (tertiary alicyclic amines) is 1. The zero-order valence-corrected chi connectivity index (χ0v) is 15.7. The zero-order chi connectivity index (χ0) is 18.7. The molecule has 1 aliphatic rings. The Morgan fingerprint density at radius 1 is 1.23 bits per heavy atom. The van der Waals surface area contributed by atoms with Crippen LogP contribution in [0.1, 0.15) is 35.7 Å². The molecule has 1 aliphatic heterocycles. The van der Waals surface area contributed by atoms with Crippen molar-refractivity contribution in [2.75, 3.05) is 32.1 Å². The van der Waals surface area contributed by atoms with Crippen LogP contribution in [-0.2, 0) is 4.79 Å². The minimum atomic E-state index is -0.701. The third-order valence-electron chi connectivity index (χ3n) is 5.11. The molecule has 1 aromatic heterocycles. The summed E-state index contributed by atoms with van der Waals surface area (Å²) in [4.78, 5) is 20.5. The average molecular weight is 353 g/mol. The van der Waals surface area contributed by atoms with Crippen LogP contribution in [0.5, 0.6) is 0 Å². The van der Waals surface area contributed by atoms with Gasteiger partial charge in [0, 0.05) is 32.5 Å². The number of aliphatic carboxylic acids is 1. The van der Waals surface area contributed by atoms with E-state index in [1.807, 2.05) is 27.2 Å². The molecule has 0 aliphatic carbocycles. The second-order valence-corrected chi connectivity index (χ2v) is 7.32. The molecule has 0 saturated carbocycles. The summed E-state index contributed by atoms with van der Waals surface area (Å²) in [7, 11) is 4.05. The first-order valence-electron chi connectivity index (χ1n) is 9.12. The second-order valence-electron chi connectivity index (χ2n) is 7.32. The van der Waals surface area contributed by atoms with Gasteiger partial charge in [0.15, 0.2) is 0 Å². The van der Waals surface area contributed by atoms with Crippen molar-refractivity contribution in [2.45, 2.75) is 25.8 Å². The van der Waals surface area contributed by atoms with Gasteiger partial charge in [0.2, 0.25) is 0 Å². The summed E-state index contributed by atoms with van der Waals surface area (Å²) >= 11 is 0. The van der Waals surface area contributed by atoms with Gasteiger partial charge in [0.25, 0.3) is 0 Å². The average Bonchev–Trinajstić information content (AvgIpc) is 2.64. The number of aromatic nitrogens is 1. The van der Waals surface area contributed by atoms with E-state index in [1.54, 1.807) is 0 Å². The van der Waals surface area contributed by atoms with Gasteiger partial charge in [-0.2, -0.15) is 0 Å². The highest BCUT2D eigenvalue weighted by molar-refractivity contribution is 5.70. The van der Waals surface area contributed by atoms with Crippen LogP contribution in [-0.4, -0.2) is 48.1 Å². The molecule has 2 unspecified atom stereocenters. The van der Waals surface area contributed by atoms with Crippen LogP contribution in [0.3, 0.4) is 0 Å².